The van der Waals surface area contributed by atoms with E-state index in [1.54, 1.807) is 0 Å². The Bertz CT molecular complexity index is 411. The zero-order chi connectivity index (χ0) is 15.5. The quantitative estimate of drug-likeness (QED) is 0.211. The number of carbonyl (C=O) groups is 4. The molecule has 0 fully saturated rings. The highest BCUT2D eigenvalue weighted by molar-refractivity contribution is 5.93. The van der Waals surface area contributed by atoms with Gasteiger partial charge < -0.3 is 14.2 Å². The Morgan fingerprint density at radius 1 is 1.00 bits per heavy atom. The molecular weight excluding hydrogens is 268 g/mol. The summed E-state index contributed by atoms with van der Waals surface area (Å²) in [4.78, 5) is 44.1. The summed E-state index contributed by atoms with van der Waals surface area (Å²) >= 11 is 0. The first kappa shape index (κ1) is 17.6. The third-order valence-corrected chi connectivity index (χ3v) is 2.00. The van der Waals surface area contributed by atoms with Crippen LogP contribution in [0.15, 0.2) is 25.3 Å². The molecule has 1 atom stereocenters. The Labute approximate surface area is 116 Å². The van der Waals surface area contributed by atoms with Gasteiger partial charge in [0.15, 0.2) is 0 Å². The minimum absolute atomic E-state index is 0.107. The highest BCUT2D eigenvalue weighted by atomic mass is 16.6. The largest absolute Gasteiger partial charge is 0.462 e. The Kier molecular flexibility index (Phi) is 8.33. The zero-order valence-corrected chi connectivity index (χ0v) is 11.1. The van der Waals surface area contributed by atoms with E-state index in [9.17, 15) is 19.2 Å². The minimum Gasteiger partial charge on any atom is -0.462 e. The molecule has 0 aromatic carbocycles. The molecule has 0 amide bonds. The van der Waals surface area contributed by atoms with E-state index in [2.05, 4.69) is 22.6 Å². The molecular formula is C13H16O7. The van der Waals surface area contributed by atoms with Crippen LogP contribution in [0.3, 0.4) is 0 Å². The van der Waals surface area contributed by atoms with E-state index in [0.29, 0.717) is 0 Å². The molecule has 0 saturated carbocycles. The molecule has 1 unspecified atom stereocenters. The topological polar surface area (TPSA) is 96.0 Å². The van der Waals surface area contributed by atoms with Crippen molar-refractivity contribution in [1.29, 1.82) is 0 Å². The normalized spacial score (nSPS) is 10.8. The zero-order valence-electron chi connectivity index (χ0n) is 11.1. The summed E-state index contributed by atoms with van der Waals surface area (Å²) in [6.07, 6.45) is 1.58. The van der Waals surface area contributed by atoms with Crippen LogP contribution in [0.2, 0.25) is 0 Å². The first-order valence-electron chi connectivity index (χ1n) is 5.73. The summed E-state index contributed by atoms with van der Waals surface area (Å²) in [5.74, 6) is -3.85. The SMILES string of the molecule is C=CC(=O)OCCOC(=O)CC(C)C(=O)OC(=O)C=C. The van der Waals surface area contributed by atoms with E-state index in [1.807, 2.05) is 0 Å². The van der Waals surface area contributed by atoms with Crippen molar-refractivity contribution in [2.45, 2.75) is 13.3 Å². The van der Waals surface area contributed by atoms with Crippen molar-refractivity contribution in [2.24, 2.45) is 5.92 Å². The maximum atomic E-state index is 11.3. The molecule has 0 heterocycles. The Hall–Kier alpha value is -2.44. The van der Waals surface area contributed by atoms with E-state index >= 15 is 0 Å². The second-order valence-corrected chi connectivity index (χ2v) is 3.64. The van der Waals surface area contributed by atoms with Crippen molar-refractivity contribution in [3.8, 4) is 0 Å². The lowest BCUT2D eigenvalue weighted by molar-refractivity contribution is -0.162. The Balaban J connectivity index is 3.92. The van der Waals surface area contributed by atoms with Crippen LogP contribution in [0.4, 0.5) is 0 Å². The molecule has 0 aromatic rings. The van der Waals surface area contributed by atoms with Gasteiger partial charge in [0.2, 0.25) is 0 Å². The van der Waals surface area contributed by atoms with E-state index in [1.165, 1.54) is 6.92 Å². The maximum absolute atomic E-state index is 11.3. The van der Waals surface area contributed by atoms with Gasteiger partial charge >= 0.3 is 23.9 Å². The molecule has 20 heavy (non-hydrogen) atoms. The van der Waals surface area contributed by atoms with Crippen LogP contribution < -0.4 is 0 Å². The molecule has 0 N–H and O–H groups in total. The van der Waals surface area contributed by atoms with Crippen molar-refractivity contribution in [1.82, 2.24) is 0 Å². The number of rotatable bonds is 8. The van der Waals surface area contributed by atoms with Crippen molar-refractivity contribution >= 4 is 23.9 Å². The van der Waals surface area contributed by atoms with E-state index in [-0.39, 0.29) is 19.6 Å². The van der Waals surface area contributed by atoms with Gasteiger partial charge in [-0.3, -0.25) is 9.59 Å². The molecule has 7 heteroatoms. The van der Waals surface area contributed by atoms with E-state index < -0.39 is 29.8 Å². The lowest BCUT2D eigenvalue weighted by Crippen LogP contribution is -2.22. The Morgan fingerprint density at radius 2 is 1.55 bits per heavy atom. The summed E-state index contributed by atoms with van der Waals surface area (Å²) < 4.78 is 13.7. The molecule has 0 radical (unpaired) electrons. The average Bonchev–Trinajstić information content (AvgIpc) is 2.42. The molecule has 0 aliphatic heterocycles. The standard InChI is InChI=1S/C13H16O7/c1-4-10(14)18-6-7-19-12(16)8-9(3)13(17)20-11(15)5-2/h4-5,9H,1-2,6-8H2,3H3. The van der Waals surface area contributed by atoms with Crippen LogP contribution in [-0.2, 0) is 33.4 Å². The number of carbonyl (C=O) groups excluding carboxylic acids is 4. The lowest BCUT2D eigenvalue weighted by Gasteiger charge is -2.09. The molecule has 0 rings (SSSR count). The number of hydrogen-bond donors (Lipinski definition) is 0. The monoisotopic (exact) mass is 284 g/mol. The predicted octanol–water partition coefficient (Wildman–Crippen LogP) is 0.541. The molecule has 0 aromatic heterocycles. The molecule has 0 saturated heterocycles. The van der Waals surface area contributed by atoms with Crippen molar-refractivity contribution in [3.05, 3.63) is 25.3 Å². The summed E-state index contributed by atoms with van der Waals surface area (Å²) in [5.41, 5.74) is 0. The van der Waals surface area contributed by atoms with Crippen LogP contribution in [-0.4, -0.2) is 37.1 Å². The van der Waals surface area contributed by atoms with Crippen LogP contribution in [0.1, 0.15) is 13.3 Å². The second-order valence-electron chi connectivity index (χ2n) is 3.64. The van der Waals surface area contributed by atoms with Gasteiger partial charge in [0.1, 0.15) is 13.2 Å². The van der Waals surface area contributed by atoms with Gasteiger partial charge in [-0.05, 0) is 0 Å². The lowest BCUT2D eigenvalue weighted by atomic mass is 10.1. The summed E-state index contributed by atoms with van der Waals surface area (Å²) in [6.45, 7) is 7.51. The summed E-state index contributed by atoms with van der Waals surface area (Å²) in [5, 5.41) is 0. The highest BCUT2D eigenvalue weighted by Gasteiger charge is 2.21. The number of ether oxygens (including phenoxy) is 3. The first-order valence-corrected chi connectivity index (χ1v) is 5.73. The fourth-order valence-corrected chi connectivity index (χ4v) is 0.990. The van der Waals surface area contributed by atoms with Gasteiger partial charge in [-0.25, -0.2) is 9.59 Å². The first-order chi connectivity index (χ1) is 9.40. The third kappa shape index (κ3) is 7.80. The second kappa shape index (κ2) is 9.48. The van der Waals surface area contributed by atoms with Crippen LogP contribution in [0, 0.1) is 5.92 Å². The van der Waals surface area contributed by atoms with Gasteiger partial charge in [0.25, 0.3) is 0 Å². The summed E-state index contributed by atoms with van der Waals surface area (Å²) in [6, 6.07) is 0. The molecule has 0 bridgehead atoms. The van der Waals surface area contributed by atoms with Gasteiger partial charge in [-0.1, -0.05) is 20.1 Å². The van der Waals surface area contributed by atoms with Gasteiger partial charge in [-0.15, -0.1) is 0 Å². The number of esters is 4. The summed E-state index contributed by atoms with van der Waals surface area (Å²) in [7, 11) is 0. The Morgan fingerprint density at radius 3 is 2.10 bits per heavy atom. The van der Waals surface area contributed by atoms with Crippen LogP contribution >= 0.6 is 0 Å². The number of hydrogen-bond acceptors (Lipinski definition) is 7. The highest BCUT2D eigenvalue weighted by Crippen LogP contribution is 2.06. The smallest absolute Gasteiger partial charge is 0.337 e. The van der Waals surface area contributed by atoms with Crippen LogP contribution in [0.25, 0.3) is 0 Å². The maximum Gasteiger partial charge on any atom is 0.337 e. The van der Waals surface area contributed by atoms with Gasteiger partial charge in [0, 0.05) is 12.2 Å². The van der Waals surface area contributed by atoms with Gasteiger partial charge in [0.05, 0.1) is 12.3 Å². The molecule has 0 aliphatic rings. The fourth-order valence-electron chi connectivity index (χ4n) is 0.990. The third-order valence-electron chi connectivity index (χ3n) is 2.00. The predicted molar refractivity (Wildman–Crippen MR) is 67.2 cm³/mol. The molecule has 110 valence electrons. The van der Waals surface area contributed by atoms with Crippen LogP contribution in [0.5, 0.6) is 0 Å². The van der Waals surface area contributed by atoms with E-state index in [0.717, 1.165) is 12.2 Å². The molecule has 0 spiro atoms. The van der Waals surface area contributed by atoms with Crippen molar-refractivity contribution < 1.29 is 33.4 Å². The minimum atomic E-state index is -0.883. The van der Waals surface area contributed by atoms with Crippen molar-refractivity contribution in [2.75, 3.05) is 13.2 Å². The van der Waals surface area contributed by atoms with E-state index in [4.69, 9.17) is 4.74 Å². The fraction of sp³-hybridized carbons (Fsp3) is 0.385. The average molecular weight is 284 g/mol. The van der Waals surface area contributed by atoms with Crippen molar-refractivity contribution in [3.63, 3.8) is 0 Å². The molecule has 0 aliphatic carbocycles. The van der Waals surface area contributed by atoms with Gasteiger partial charge in [-0.2, -0.15) is 0 Å². The molecule has 7 nitrogen and oxygen atoms in total.